The first-order valence-corrected chi connectivity index (χ1v) is 13.3. The van der Waals surface area contributed by atoms with Crippen molar-refractivity contribution in [1.82, 2.24) is 15.5 Å². The first-order valence-electron chi connectivity index (χ1n) is 12.8. The van der Waals surface area contributed by atoms with Gasteiger partial charge in [-0.05, 0) is 48.7 Å². The number of thiocarbonyl (C=S) groups is 1. The summed E-state index contributed by atoms with van der Waals surface area (Å²) >= 11 is 5.66. The van der Waals surface area contributed by atoms with E-state index in [0.29, 0.717) is 11.5 Å². The second-order valence-corrected chi connectivity index (χ2v) is 10.3. The van der Waals surface area contributed by atoms with E-state index in [9.17, 15) is 9.90 Å². The normalized spacial score (nSPS) is 25.4. The number of allylic oxidation sites excluding steroid dienone is 6. The lowest BCUT2D eigenvalue weighted by molar-refractivity contribution is 0.0975. The van der Waals surface area contributed by atoms with Gasteiger partial charge in [-0.2, -0.15) is 0 Å². The molecule has 2 unspecified atom stereocenters. The minimum Gasteiger partial charge on any atom is -0.396 e. The maximum absolute atomic E-state index is 12.8. The van der Waals surface area contributed by atoms with E-state index in [1.54, 1.807) is 12.1 Å². The lowest BCUT2D eigenvalue weighted by Gasteiger charge is -2.38. The van der Waals surface area contributed by atoms with E-state index in [1.807, 2.05) is 48.6 Å². The van der Waals surface area contributed by atoms with Crippen LogP contribution in [-0.4, -0.2) is 52.8 Å². The molecule has 1 aliphatic heterocycles. The molecule has 1 heterocycles. The Hall–Kier alpha value is -2.54. The first kappa shape index (κ1) is 25.5. The van der Waals surface area contributed by atoms with Crippen molar-refractivity contribution in [1.29, 1.82) is 0 Å². The molecule has 0 bridgehead atoms. The quantitative estimate of drug-likeness (QED) is 0.403. The van der Waals surface area contributed by atoms with Gasteiger partial charge in [0.25, 0.3) is 5.91 Å². The highest BCUT2D eigenvalue weighted by Crippen LogP contribution is 2.37. The maximum Gasteiger partial charge on any atom is 0.257 e. The fourth-order valence-corrected chi connectivity index (χ4v) is 5.96. The van der Waals surface area contributed by atoms with Crippen LogP contribution in [0.25, 0.3) is 0 Å². The molecule has 4 rings (SSSR count). The van der Waals surface area contributed by atoms with Crippen molar-refractivity contribution >= 4 is 23.2 Å². The molecule has 1 amide bonds. The van der Waals surface area contributed by atoms with Crippen LogP contribution < -0.4 is 10.6 Å². The minimum atomic E-state index is -0.605. The third-order valence-corrected chi connectivity index (χ3v) is 7.67. The van der Waals surface area contributed by atoms with E-state index in [2.05, 4.69) is 27.7 Å². The summed E-state index contributed by atoms with van der Waals surface area (Å²) in [6.45, 7) is 2.59. The molecule has 1 saturated carbocycles. The molecular weight excluding hydrogens is 454 g/mol. The zero-order valence-corrected chi connectivity index (χ0v) is 21.2. The molecule has 5 nitrogen and oxygen atoms in total. The Kier molecular flexibility index (Phi) is 9.07. The number of likely N-dealkylation sites (tertiary alicyclic amines) is 1. The predicted molar refractivity (Wildman–Crippen MR) is 146 cm³/mol. The van der Waals surface area contributed by atoms with Gasteiger partial charge in [0.05, 0.1) is 5.54 Å². The molecule has 1 saturated heterocycles. The van der Waals surface area contributed by atoms with Gasteiger partial charge in [-0.3, -0.25) is 15.0 Å². The van der Waals surface area contributed by atoms with Crippen molar-refractivity contribution in [3.05, 3.63) is 84.0 Å². The molecular formula is C29H37N3O2S. The number of carbonyl (C=O) groups is 1. The molecule has 2 atom stereocenters. The van der Waals surface area contributed by atoms with Gasteiger partial charge in [-0.1, -0.05) is 86.4 Å². The number of aliphatic hydroxyl groups is 1. The Morgan fingerprint density at radius 2 is 1.74 bits per heavy atom. The zero-order valence-electron chi connectivity index (χ0n) is 20.4. The summed E-state index contributed by atoms with van der Waals surface area (Å²) in [5, 5.41) is 17.2. The summed E-state index contributed by atoms with van der Waals surface area (Å²) in [6.07, 6.45) is 22.1. The van der Waals surface area contributed by atoms with Gasteiger partial charge in [0.15, 0.2) is 5.11 Å². The number of aliphatic hydroxyl groups excluding tert-OH is 1. The van der Waals surface area contributed by atoms with Crippen LogP contribution in [-0.2, 0) is 0 Å². The van der Waals surface area contributed by atoms with E-state index < -0.39 is 5.54 Å². The van der Waals surface area contributed by atoms with Gasteiger partial charge in [0, 0.05) is 37.7 Å². The highest BCUT2D eigenvalue weighted by atomic mass is 32.1. The highest BCUT2D eigenvalue weighted by Gasteiger charge is 2.49. The second kappa shape index (κ2) is 12.4. The molecule has 1 aromatic carbocycles. The van der Waals surface area contributed by atoms with Crippen LogP contribution >= 0.6 is 12.2 Å². The second-order valence-electron chi connectivity index (χ2n) is 9.93. The van der Waals surface area contributed by atoms with Crippen molar-refractivity contribution in [3.8, 4) is 0 Å². The van der Waals surface area contributed by atoms with Crippen LogP contribution in [0.2, 0.25) is 0 Å². The molecule has 0 aromatic heterocycles. The summed E-state index contributed by atoms with van der Waals surface area (Å²) in [6, 6.07) is 9.09. The summed E-state index contributed by atoms with van der Waals surface area (Å²) in [7, 11) is 0. The lowest BCUT2D eigenvalue weighted by atomic mass is 9.79. The van der Waals surface area contributed by atoms with Gasteiger partial charge >= 0.3 is 0 Å². The molecule has 35 heavy (non-hydrogen) atoms. The number of benzene rings is 1. The number of carbonyl (C=O) groups excluding carboxylic acids is 1. The van der Waals surface area contributed by atoms with Crippen LogP contribution in [0.4, 0.5) is 0 Å². The Balaban J connectivity index is 1.57. The van der Waals surface area contributed by atoms with E-state index >= 15 is 0 Å². The lowest BCUT2D eigenvalue weighted by Crippen LogP contribution is -2.59. The summed E-state index contributed by atoms with van der Waals surface area (Å²) in [4.78, 5) is 15.3. The van der Waals surface area contributed by atoms with Crippen molar-refractivity contribution < 1.29 is 9.90 Å². The highest BCUT2D eigenvalue weighted by molar-refractivity contribution is 7.80. The van der Waals surface area contributed by atoms with Crippen molar-refractivity contribution in [2.45, 2.75) is 44.1 Å². The third-order valence-electron chi connectivity index (χ3n) is 7.47. The monoisotopic (exact) mass is 491 g/mol. The fourth-order valence-electron chi connectivity index (χ4n) is 5.68. The van der Waals surface area contributed by atoms with Crippen LogP contribution in [0.1, 0.15) is 48.9 Å². The van der Waals surface area contributed by atoms with Gasteiger partial charge < -0.3 is 10.4 Å². The van der Waals surface area contributed by atoms with Gasteiger partial charge in [-0.25, -0.2) is 0 Å². The topological polar surface area (TPSA) is 64.6 Å². The van der Waals surface area contributed by atoms with Gasteiger partial charge in [0.2, 0.25) is 0 Å². The molecule has 1 aromatic rings. The minimum absolute atomic E-state index is 0.0359. The summed E-state index contributed by atoms with van der Waals surface area (Å²) < 4.78 is 0. The first-order chi connectivity index (χ1) is 17.1. The van der Waals surface area contributed by atoms with Crippen LogP contribution in [0.15, 0.2) is 78.4 Å². The van der Waals surface area contributed by atoms with Crippen LogP contribution in [0.3, 0.4) is 0 Å². The van der Waals surface area contributed by atoms with Crippen LogP contribution in [0.5, 0.6) is 0 Å². The Morgan fingerprint density at radius 3 is 2.49 bits per heavy atom. The molecule has 2 aliphatic carbocycles. The van der Waals surface area contributed by atoms with E-state index in [0.717, 1.165) is 25.2 Å². The van der Waals surface area contributed by atoms with Gasteiger partial charge in [-0.15, -0.1) is 0 Å². The van der Waals surface area contributed by atoms with E-state index in [-0.39, 0.29) is 23.5 Å². The fraction of sp³-hybridized carbons (Fsp3) is 0.448. The van der Waals surface area contributed by atoms with Crippen molar-refractivity contribution in [2.24, 2.45) is 11.8 Å². The smallest absolute Gasteiger partial charge is 0.257 e. The molecule has 3 N–H and O–H groups in total. The predicted octanol–water partition coefficient (Wildman–Crippen LogP) is 4.53. The number of nitrogens with one attached hydrogen (secondary N) is 2. The molecule has 2 fully saturated rings. The average molecular weight is 492 g/mol. The Bertz CT molecular complexity index is 992. The number of nitrogens with zero attached hydrogens (tertiary/aromatic N) is 1. The number of amides is 1. The van der Waals surface area contributed by atoms with Gasteiger partial charge in [0.1, 0.15) is 0 Å². The average Bonchev–Trinajstić information content (AvgIpc) is 2.99. The summed E-state index contributed by atoms with van der Waals surface area (Å²) in [5.41, 5.74) is 1.01. The SMILES string of the molecule is O=C(NC(=S)NC1(C2=CC=CC=CC=C2)CN(CC2CCCCCC2)CC1CO)c1ccccc1. The standard InChI is InChI=1S/C29H37N3O2S/c33-21-26-20-32(19-23-13-7-4-5-8-14-23)22-29(26,25-17-11-2-1-3-12-18-25)31-28(35)30-27(34)24-15-9-6-10-16-24/h1-3,6,9-12,15-18,23,26,33H,4-5,7-8,13-14,19-22H2,(H2,30,31,34,35). The molecule has 0 spiro atoms. The third kappa shape index (κ3) is 6.57. The Labute approximate surface area is 214 Å². The molecule has 6 heteroatoms. The number of hydrogen-bond acceptors (Lipinski definition) is 4. The number of hydrogen-bond donors (Lipinski definition) is 3. The molecule has 0 radical (unpaired) electrons. The molecule has 3 aliphatic rings. The number of rotatable bonds is 6. The zero-order chi connectivity index (χ0) is 24.5. The van der Waals surface area contributed by atoms with Crippen LogP contribution in [0, 0.1) is 11.8 Å². The maximum atomic E-state index is 12.8. The van der Waals surface area contributed by atoms with E-state index in [1.165, 1.54) is 38.5 Å². The van der Waals surface area contributed by atoms with Crippen molar-refractivity contribution in [3.63, 3.8) is 0 Å². The molecule has 186 valence electrons. The Morgan fingerprint density at radius 1 is 1.03 bits per heavy atom. The van der Waals surface area contributed by atoms with Crippen molar-refractivity contribution in [2.75, 3.05) is 26.2 Å². The summed E-state index contributed by atoms with van der Waals surface area (Å²) in [5.74, 6) is 0.395. The van der Waals surface area contributed by atoms with E-state index in [4.69, 9.17) is 12.2 Å². The largest absolute Gasteiger partial charge is 0.396 e.